The van der Waals surface area contributed by atoms with Gasteiger partial charge in [0.05, 0.1) is 6.54 Å². The average Bonchev–Trinajstić information content (AvgIpc) is 3.29. The minimum atomic E-state index is -1.19. The number of piperazine rings is 1. The van der Waals surface area contributed by atoms with Gasteiger partial charge in [-0.1, -0.05) is 81.1 Å². The van der Waals surface area contributed by atoms with E-state index in [1.54, 1.807) is 23.1 Å². The maximum Gasteiger partial charge on any atom is 0.137 e. The molecule has 1 aromatic carbocycles. The van der Waals surface area contributed by atoms with Crippen molar-refractivity contribution in [3.63, 3.8) is 0 Å². The SMILES string of the molecule is CCCCCCCCCCN1CCN(CC(O)(Cn2cncn2)c2ccc(Cl)cc2Cl)CC1. The molecule has 1 saturated heterocycles. The molecule has 0 radical (unpaired) electrons. The third-order valence-electron chi connectivity index (χ3n) is 6.60. The Morgan fingerprint density at radius 2 is 1.58 bits per heavy atom. The van der Waals surface area contributed by atoms with E-state index in [1.807, 2.05) is 6.07 Å². The summed E-state index contributed by atoms with van der Waals surface area (Å²) >= 11 is 12.6. The van der Waals surface area contributed by atoms with Crippen molar-refractivity contribution < 1.29 is 5.11 Å². The van der Waals surface area contributed by atoms with E-state index in [0.717, 1.165) is 26.2 Å². The maximum absolute atomic E-state index is 11.8. The molecular formula is C25H39Cl2N5O. The summed E-state index contributed by atoms with van der Waals surface area (Å²) in [5.41, 5.74) is -0.514. The monoisotopic (exact) mass is 495 g/mol. The number of rotatable bonds is 14. The second-order valence-corrected chi connectivity index (χ2v) is 10.2. The van der Waals surface area contributed by atoms with E-state index in [-0.39, 0.29) is 6.54 Å². The molecule has 0 saturated carbocycles. The first kappa shape index (κ1) is 26.4. The summed E-state index contributed by atoms with van der Waals surface area (Å²) in [7, 11) is 0. The highest BCUT2D eigenvalue weighted by molar-refractivity contribution is 6.35. The molecule has 1 unspecified atom stereocenters. The summed E-state index contributed by atoms with van der Waals surface area (Å²) in [6.45, 7) is 8.14. The highest BCUT2D eigenvalue weighted by Gasteiger charge is 2.35. The largest absolute Gasteiger partial charge is 0.382 e. The zero-order valence-corrected chi connectivity index (χ0v) is 21.4. The Kier molecular flexibility index (Phi) is 10.9. The molecule has 0 bridgehead atoms. The predicted molar refractivity (Wildman–Crippen MR) is 136 cm³/mol. The molecular weight excluding hydrogens is 457 g/mol. The van der Waals surface area contributed by atoms with Gasteiger partial charge in [0.25, 0.3) is 0 Å². The number of β-amino-alcohol motifs (C(OH)–C–C–N with tert-alkyl or cyclic N) is 1. The van der Waals surface area contributed by atoms with Crippen LogP contribution in [0, 0.1) is 0 Å². The lowest BCUT2D eigenvalue weighted by atomic mass is 9.92. The summed E-state index contributed by atoms with van der Waals surface area (Å²) in [5, 5.41) is 17.0. The molecule has 2 aromatic rings. The first-order valence-electron chi connectivity index (χ1n) is 12.5. The first-order valence-corrected chi connectivity index (χ1v) is 13.2. The minimum absolute atomic E-state index is 0.285. The molecule has 8 heteroatoms. The van der Waals surface area contributed by atoms with E-state index in [0.29, 0.717) is 22.2 Å². The summed E-state index contributed by atoms with van der Waals surface area (Å²) in [5.74, 6) is 0. The van der Waals surface area contributed by atoms with Crippen molar-refractivity contribution in [2.45, 2.75) is 70.4 Å². The van der Waals surface area contributed by atoms with Crippen LogP contribution in [0.25, 0.3) is 0 Å². The lowest BCUT2D eigenvalue weighted by molar-refractivity contribution is -0.0294. The lowest BCUT2D eigenvalue weighted by Crippen LogP contribution is -2.52. The molecule has 33 heavy (non-hydrogen) atoms. The summed E-state index contributed by atoms with van der Waals surface area (Å²) in [6, 6.07) is 5.28. The highest BCUT2D eigenvalue weighted by atomic mass is 35.5. The minimum Gasteiger partial charge on any atom is -0.382 e. The van der Waals surface area contributed by atoms with Gasteiger partial charge < -0.3 is 10.0 Å². The second kappa shape index (κ2) is 13.6. The summed E-state index contributed by atoms with van der Waals surface area (Å²) in [6.07, 6.45) is 13.9. The molecule has 1 aliphatic heterocycles. The van der Waals surface area contributed by atoms with Crippen molar-refractivity contribution in [2.75, 3.05) is 39.3 Å². The van der Waals surface area contributed by atoms with Crippen LogP contribution in [0.2, 0.25) is 10.0 Å². The van der Waals surface area contributed by atoms with Gasteiger partial charge in [0.2, 0.25) is 0 Å². The number of unbranched alkanes of at least 4 members (excludes halogenated alkanes) is 7. The molecule has 184 valence electrons. The molecule has 0 spiro atoms. The molecule has 1 fully saturated rings. The normalized spacial score (nSPS) is 17.3. The zero-order valence-electron chi connectivity index (χ0n) is 19.9. The highest BCUT2D eigenvalue weighted by Crippen LogP contribution is 2.33. The quantitative estimate of drug-likeness (QED) is 0.363. The average molecular weight is 497 g/mol. The van der Waals surface area contributed by atoms with Gasteiger partial charge in [-0.05, 0) is 25.1 Å². The Balaban J connectivity index is 1.48. The smallest absolute Gasteiger partial charge is 0.137 e. The van der Waals surface area contributed by atoms with Crippen molar-refractivity contribution >= 4 is 23.2 Å². The molecule has 2 heterocycles. The van der Waals surface area contributed by atoms with Crippen LogP contribution < -0.4 is 0 Å². The predicted octanol–water partition coefficient (Wildman–Crippen LogP) is 5.23. The lowest BCUT2D eigenvalue weighted by Gasteiger charge is -2.40. The summed E-state index contributed by atoms with van der Waals surface area (Å²) in [4.78, 5) is 8.90. The molecule has 1 N–H and O–H groups in total. The van der Waals surface area contributed by atoms with E-state index < -0.39 is 5.60 Å². The molecule has 6 nitrogen and oxygen atoms in total. The molecule has 1 aliphatic rings. The van der Waals surface area contributed by atoms with Crippen molar-refractivity contribution in [3.8, 4) is 0 Å². The van der Waals surface area contributed by atoms with Crippen LogP contribution in [0.3, 0.4) is 0 Å². The number of benzene rings is 1. The fourth-order valence-corrected chi connectivity index (χ4v) is 5.26. The van der Waals surface area contributed by atoms with Gasteiger partial charge in [0.1, 0.15) is 18.3 Å². The number of hydrogen-bond donors (Lipinski definition) is 1. The van der Waals surface area contributed by atoms with Crippen LogP contribution in [-0.2, 0) is 12.1 Å². The van der Waals surface area contributed by atoms with E-state index >= 15 is 0 Å². The van der Waals surface area contributed by atoms with Crippen LogP contribution in [0.5, 0.6) is 0 Å². The standard InChI is InChI=1S/C25H39Cl2N5O/c1-2-3-4-5-6-7-8-9-12-30-13-15-31(16-14-30)18-25(33,19-32-21-28-20-29-32)23-11-10-22(26)17-24(23)27/h10-11,17,20-21,33H,2-9,12-16,18-19H2,1H3. The molecule has 0 amide bonds. The molecule has 0 aliphatic carbocycles. The van der Waals surface area contributed by atoms with Gasteiger partial charge >= 0.3 is 0 Å². The second-order valence-electron chi connectivity index (χ2n) is 9.34. The van der Waals surface area contributed by atoms with E-state index in [2.05, 4.69) is 26.8 Å². The van der Waals surface area contributed by atoms with Crippen molar-refractivity contribution in [1.29, 1.82) is 0 Å². The number of nitrogens with zero attached hydrogens (tertiary/aromatic N) is 5. The number of halogens is 2. The van der Waals surface area contributed by atoms with E-state index in [1.165, 1.54) is 64.2 Å². The van der Waals surface area contributed by atoms with Crippen molar-refractivity contribution in [1.82, 2.24) is 24.6 Å². The van der Waals surface area contributed by atoms with Crippen molar-refractivity contribution in [3.05, 3.63) is 46.5 Å². The number of aliphatic hydroxyl groups is 1. The van der Waals surface area contributed by atoms with E-state index in [9.17, 15) is 5.11 Å². The Labute approximate surface area is 208 Å². The topological polar surface area (TPSA) is 57.4 Å². The number of hydrogen-bond acceptors (Lipinski definition) is 5. The van der Waals surface area contributed by atoms with Gasteiger partial charge in [0, 0.05) is 48.3 Å². The Hall–Kier alpha value is -1.18. The van der Waals surface area contributed by atoms with E-state index in [4.69, 9.17) is 23.2 Å². The van der Waals surface area contributed by atoms with Crippen LogP contribution in [-0.4, -0.2) is 68.9 Å². The van der Waals surface area contributed by atoms with Crippen LogP contribution in [0.15, 0.2) is 30.9 Å². The van der Waals surface area contributed by atoms with Gasteiger partial charge in [-0.3, -0.25) is 4.90 Å². The summed E-state index contributed by atoms with van der Waals surface area (Å²) < 4.78 is 1.66. The number of aromatic nitrogens is 3. The van der Waals surface area contributed by atoms with Gasteiger partial charge in [0.15, 0.2) is 0 Å². The fourth-order valence-electron chi connectivity index (χ4n) is 4.68. The molecule has 1 atom stereocenters. The molecule has 3 rings (SSSR count). The zero-order chi connectivity index (χ0) is 23.5. The Morgan fingerprint density at radius 3 is 2.21 bits per heavy atom. The maximum atomic E-state index is 11.8. The third kappa shape index (κ3) is 8.52. The Bertz CT molecular complexity index is 811. The fraction of sp³-hybridized carbons (Fsp3) is 0.680. The van der Waals surface area contributed by atoms with Gasteiger partial charge in [-0.25, -0.2) is 9.67 Å². The van der Waals surface area contributed by atoms with Gasteiger partial charge in [-0.2, -0.15) is 5.10 Å². The van der Waals surface area contributed by atoms with Gasteiger partial charge in [-0.15, -0.1) is 0 Å². The van der Waals surface area contributed by atoms with Crippen LogP contribution in [0.1, 0.15) is 63.9 Å². The first-order chi connectivity index (χ1) is 16.0. The van der Waals surface area contributed by atoms with Crippen LogP contribution in [0.4, 0.5) is 0 Å². The Morgan fingerprint density at radius 1 is 0.909 bits per heavy atom. The van der Waals surface area contributed by atoms with Crippen molar-refractivity contribution in [2.24, 2.45) is 0 Å². The third-order valence-corrected chi connectivity index (χ3v) is 7.15. The van der Waals surface area contributed by atoms with Crippen LogP contribution >= 0.6 is 23.2 Å². The molecule has 1 aromatic heterocycles.